The van der Waals surface area contributed by atoms with E-state index in [2.05, 4.69) is 5.32 Å². The molecule has 0 saturated carbocycles. The number of nitrogens with one attached hydrogen (secondary N) is 1. The molecule has 0 atom stereocenters. The quantitative estimate of drug-likeness (QED) is 0.723. The lowest BCUT2D eigenvalue weighted by Crippen LogP contribution is -2.50. The molecule has 30 heavy (non-hydrogen) atoms. The second-order valence-electron chi connectivity index (χ2n) is 7.39. The van der Waals surface area contributed by atoms with Crippen molar-refractivity contribution in [1.82, 2.24) is 4.90 Å². The second-order valence-corrected chi connectivity index (χ2v) is 7.39. The largest absolute Gasteiger partial charge is 0.418 e. The number of halogens is 3. The van der Waals surface area contributed by atoms with Crippen LogP contribution >= 0.6 is 0 Å². The first-order valence-electron chi connectivity index (χ1n) is 9.04. The number of carbonyl (C=O) groups excluding carboxylic acids is 3. The Labute approximate surface area is 170 Å². The van der Waals surface area contributed by atoms with Crippen molar-refractivity contribution in [2.24, 2.45) is 0 Å². The zero-order valence-corrected chi connectivity index (χ0v) is 16.2. The van der Waals surface area contributed by atoms with Crippen LogP contribution in [0.4, 0.5) is 18.9 Å². The van der Waals surface area contributed by atoms with Crippen LogP contribution in [0.1, 0.15) is 40.1 Å². The molecule has 2 aromatic carbocycles. The predicted molar refractivity (Wildman–Crippen MR) is 102 cm³/mol. The van der Waals surface area contributed by atoms with E-state index in [9.17, 15) is 27.6 Å². The highest BCUT2D eigenvalue weighted by Gasteiger charge is 2.44. The molecular weight excluding hydrogens is 401 g/mol. The number of carbonyl (C=O) groups is 3. The smallest absolute Gasteiger partial charge is 0.369 e. The molecule has 0 fully saturated rings. The van der Waals surface area contributed by atoms with Gasteiger partial charge >= 0.3 is 6.18 Å². The van der Waals surface area contributed by atoms with Gasteiger partial charge in [-0.2, -0.15) is 13.2 Å². The number of benzene rings is 2. The third-order valence-corrected chi connectivity index (χ3v) is 4.59. The number of rotatable bonds is 6. The molecule has 2 aromatic rings. The van der Waals surface area contributed by atoms with Crippen LogP contribution in [0.15, 0.2) is 48.5 Å². The molecule has 0 aromatic heterocycles. The second kappa shape index (κ2) is 7.91. The number of ether oxygens (including phenoxy) is 1. The van der Waals surface area contributed by atoms with Crippen molar-refractivity contribution < 1.29 is 32.3 Å². The van der Waals surface area contributed by atoms with Crippen molar-refractivity contribution in [2.45, 2.75) is 25.6 Å². The SMILES string of the molecule is CC(C)(COCC(=O)Nc1ccccc1C(F)(F)F)N1C(=O)c2ccccc2C1=O. The number of hydrogen-bond acceptors (Lipinski definition) is 4. The maximum atomic E-state index is 13.0. The molecular formula is C21H19F3N2O4. The molecule has 158 valence electrons. The summed E-state index contributed by atoms with van der Waals surface area (Å²) in [5.74, 6) is -1.72. The fraction of sp³-hybridized carbons (Fsp3) is 0.286. The molecule has 0 radical (unpaired) electrons. The molecule has 3 rings (SSSR count). The number of fused-ring (bicyclic) bond motifs is 1. The Morgan fingerprint density at radius 1 is 0.967 bits per heavy atom. The lowest BCUT2D eigenvalue weighted by Gasteiger charge is -2.33. The Balaban J connectivity index is 1.61. The summed E-state index contributed by atoms with van der Waals surface area (Å²) < 4.78 is 44.4. The fourth-order valence-electron chi connectivity index (χ4n) is 3.22. The van der Waals surface area contributed by atoms with E-state index < -0.39 is 41.6 Å². The number of hydrogen-bond donors (Lipinski definition) is 1. The molecule has 1 aliphatic heterocycles. The number of para-hydroxylation sites is 1. The molecule has 0 spiro atoms. The van der Waals surface area contributed by atoms with Gasteiger partial charge in [0.2, 0.25) is 5.91 Å². The van der Waals surface area contributed by atoms with Crippen LogP contribution in [0, 0.1) is 0 Å². The Kier molecular flexibility index (Phi) is 5.67. The molecule has 3 amide bonds. The Bertz CT molecular complexity index is 967. The first-order valence-corrected chi connectivity index (χ1v) is 9.04. The van der Waals surface area contributed by atoms with Gasteiger partial charge in [-0.25, -0.2) is 0 Å². The van der Waals surface area contributed by atoms with Gasteiger partial charge in [-0.3, -0.25) is 19.3 Å². The van der Waals surface area contributed by atoms with E-state index in [0.29, 0.717) is 0 Å². The van der Waals surface area contributed by atoms with Crippen LogP contribution in [-0.4, -0.2) is 41.4 Å². The van der Waals surface area contributed by atoms with E-state index in [1.807, 2.05) is 0 Å². The summed E-state index contributed by atoms with van der Waals surface area (Å²) in [4.78, 5) is 38.3. The Hall–Kier alpha value is -3.20. The summed E-state index contributed by atoms with van der Waals surface area (Å²) in [6.07, 6.45) is -4.61. The third kappa shape index (κ3) is 4.20. The summed E-state index contributed by atoms with van der Waals surface area (Å²) in [7, 11) is 0. The first kappa shape index (κ1) is 21.5. The minimum Gasteiger partial charge on any atom is -0.369 e. The highest BCUT2D eigenvalue weighted by Crippen LogP contribution is 2.34. The van der Waals surface area contributed by atoms with E-state index >= 15 is 0 Å². The average Bonchev–Trinajstić information content (AvgIpc) is 2.93. The van der Waals surface area contributed by atoms with Crippen molar-refractivity contribution in [3.8, 4) is 0 Å². The molecule has 0 saturated heterocycles. The van der Waals surface area contributed by atoms with Crippen molar-refractivity contribution in [3.05, 3.63) is 65.2 Å². The maximum absolute atomic E-state index is 13.0. The molecule has 1 N–H and O–H groups in total. The summed E-state index contributed by atoms with van der Waals surface area (Å²) in [5.41, 5.74) is -1.84. The molecule has 0 bridgehead atoms. The number of imide groups is 1. The number of alkyl halides is 3. The average molecular weight is 420 g/mol. The van der Waals surface area contributed by atoms with E-state index in [4.69, 9.17) is 4.74 Å². The van der Waals surface area contributed by atoms with Gasteiger partial charge in [0.25, 0.3) is 11.8 Å². The van der Waals surface area contributed by atoms with Crippen LogP contribution in [0.25, 0.3) is 0 Å². The zero-order chi connectivity index (χ0) is 22.1. The van der Waals surface area contributed by atoms with Crippen molar-refractivity contribution in [2.75, 3.05) is 18.5 Å². The third-order valence-electron chi connectivity index (χ3n) is 4.59. The highest BCUT2D eigenvalue weighted by atomic mass is 19.4. The standard InChI is InChI=1S/C21H19F3N2O4/c1-20(2,26-18(28)13-7-3-4-8-14(13)19(26)29)12-30-11-17(27)25-16-10-6-5-9-15(16)21(22,23)24/h3-10H,11-12H2,1-2H3,(H,25,27). The summed E-state index contributed by atoms with van der Waals surface area (Å²) >= 11 is 0. The maximum Gasteiger partial charge on any atom is 0.418 e. The zero-order valence-electron chi connectivity index (χ0n) is 16.2. The summed E-state index contributed by atoms with van der Waals surface area (Å²) in [5, 5.41) is 2.17. The Morgan fingerprint density at radius 2 is 1.50 bits per heavy atom. The molecule has 9 heteroatoms. The van der Waals surface area contributed by atoms with Crippen LogP contribution in [0.2, 0.25) is 0 Å². The van der Waals surface area contributed by atoms with Crippen molar-refractivity contribution in [3.63, 3.8) is 0 Å². The van der Waals surface area contributed by atoms with E-state index in [1.165, 1.54) is 12.1 Å². The predicted octanol–water partition coefficient (Wildman–Crippen LogP) is 3.74. The van der Waals surface area contributed by atoms with Gasteiger partial charge in [0, 0.05) is 0 Å². The van der Waals surface area contributed by atoms with Gasteiger partial charge < -0.3 is 10.1 Å². The van der Waals surface area contributed by atoms with Crippen molar-refractivity contribution in [1.29, 1.82) is 0 Å². The van der Waals surface area contributed by atoms with Gasteiger partial charge in [0.15, 0.2) is 0 Å². The van der Waals surface area contributed by atoms with Gasteiger partial charge in [-0.15, -0.1) is 0 Å². The molecule has 1 aliphatic rings. The number of nitrogens with zero attached hydrogens (tertiary/aromatic N) is 1. The Morgan fingerprint density at radius 3 is 2.07 bits per heavy atom. The fourth-order valence-corrected chi connectivity index (χ4v) is 3.22. The monoisotopic (exact) mass is 420 g/mol. The van der Waals surface area contributed by atoms with Crippen LogP contribution in [0.5, 0.6) is 0 Å². The van der Waals surface area contributed by atoms with Gasteiger partial charge in [0.05, 0.1) is 34.5 Å². The van der Waals surface area contributed by atoms with E-state index in [0.717, 1.165) is 17.0 Å². The molecule has 6 nitrogen and oxygen atoms in total. The molecule has 1 heterocycles. The van der Waals surface area contributed by atoms with E-state index in [1.54, 1.807) is 38.1 Å². The van der Waals surface area contributed by atoms with E-state index in [-0.39, 0.29) is 23.4 Å². The van der Waals surface area contributed by atoms with Crippen LogP contribution < -0.4 is 5.32 Å². The number of anilines is 1. The topological polar surface area (TPSA) is 75.7 Å². The number of amides is 3. The minimum absolute atomic E-state index is 0.174. The lowest BCUT2D eigenvalue weighted by molar-refractivity contribution is -0.137. The minimum atomic E-state index is -4.61. The van der Waals surface area contributed by atoms with Gasteiger partial charge in [-0.05, 0) is 38.1 Å². The van der Waals surface area contributed by atoms with Crippen LogP contribution in [0.3, 0.4) is 0 Å². The first-order chi connectivity index (χ1) is 14.0. The normalized spacial score (nSPS) is 14.1. The highest BCUT2D eigenvalue weighted by molar-refractivity contribution is 6.21. The van der Waals surface area contributed by atoms with Crippen molar-refractivity contribution >= 4 is 23.4 Å². The van der Waals surface area contributed by atoms with Gasteiger partial charge in [0.1, 0.15) is 6.61 Å². The van der Waals surface area contributed by atoms with Gasteiger partial charge in [-0.1, -0.05) is 24.3 Å². The summed E-state index contributed by atoms with van der Waals surface area (Å²) in [6.45, 7) is 2.49. The summed E-state index contributed by atoms with van der Waals surface area (Å²) in [6, 6.07) is 11.0. The molecule has 0 unspecified atom stereocenters. The lowest BCUT2D eigenvalue weighted by atomic mass is 10.0. The van der Waals surface area contributed by atoms with Crippen LogP contribution in [-0.2, 0) is 15.7 Å². The molecule has 0 aliphatic carbocycles.